The molecule has 2 aliphatic rings. The van der Waals surface area contributed by atoms with Gasteiger partial charge in [0, 0.05) is 49.4 Å². The molecule has 2 amide bonds. The van der Waals surface area contributed by atoms with E-state index in [1.54, 1.807) is 9.80 Å². The van der Waals surface area contributed by atoms with Crippen LogP contribution in [0.3, 0.4) is 0 Å². The summed E-state index contributed by atoms with van der Waals surface area (Å²) in [5, 5.41) is 4.06. The third kappa shape index (κ3) is 4.07. The quantitative estimate of drug-likeness (QED) is 0.800. The molecule has 1 aromatic heterocycles. The van der Waals surface area contributed by atoms with E-state index in [1.165, 1.54) is 5.57 Å². The minimum absolute atomic E-state index is 0.125. The Balaban J connectivity index is 1.44. The molecular formula is C25H30N4O3. The average molecular weight is 435 g/mol. The second kappa shape index (κ2) is 9.02. The Bertz CT molecular complexity index is 1140. The van der Waals surface area contributed by atoms with Crippen molar-refractivity contribution in [3.05, 3.63) is 59.0 Å². The zero-order chi connectivity index (χ0) is 22.8. The van der Waals surface area contributed by atoms with Crippen molar-refractivity contribution in [2.24, 2.45) is 4.99 Å². The number of allylic oxidation sites excluding steroid dienone is 2. The number of aryl methyl sites for hydroxylation is 1. The zero-order valence-corrected chi connectivity index (χ0v) is 19.1. The van der Waals surface area contributed by atoms with E-state index in [2.05, 4.69) is 23.3 Å². The van der Waals surface area contributed by atoms with Gasteiger partial charge in [-0.2, -0.15) is 0 Å². The molecule has 0 saturated carbocycles. The molecule has 2 aromatic rings. The van der Waals surface area contributed by atoms with Gasteiger partial charge in [-0.05, 0) is 45.8 Å². The van der Waals surface area contributed by atoms with E-state index in [9.17, 15) is 9.59 Å². The van der Waals surface area contributed by atoms with Crippen LogP contribution in [0.1, 0.15) is 43.3 Å². The van der Waals surface area contributed by atoms with E-state index < -0.39 is 0 Å². The van der Waals surface area contributed by atoms with E-state index in [1.807, 2.05) is 51.2 Å². The lowest BCUT2D eigenvalue weighted by molar-refractivity contribution is -0.128. The highest BCUT2D eigenvalue weighted by Crippen LogP contribution is 2.26. The Kier molecular flexibility index (Phi) is 6.17. The van der Waals surface area contributed by atoms with Gasteiger partial charge < -0.3 is 19.5 Å². The lowest BCUT2D eigenvalue weighted by atomic mass is 10.1. The van der Waals surface area contributed by atoms with Crippen LogP contribution in [0.15, 0.2) is 57.1 Å². The number of carbonyl (C=O) groups is 2. The van der Waals surface area contributed by atoms with Crippen molar-refractivity contribution in [1.82, 2.24) is 15.1 Å². The number of nitrogens with zero attached hydrogens (tertiary/aromatic N) is 3. The lowest BCUT2D eigenvalue weighted by Gasteiger charge is -2.39. The maximum atomic E-state index is 13.2. The predicted molar refractivity (Wildman–Crippen MR) is 126 cm³/mol. The fraction of sp³-hybridized carbons (Fsp3) is 0.400. The molecule has 3 heterocycles. The number of hydrogen-bond acceptors (Lipinski definition) is 5. The predicted octanol–water partition coefficient (Wildman–Crippen LogP) is 3.66. The molecule has 0 aliphatic carbocycles. The summed E-state index contributed by atoms with van der Waals surface area (Å²) < 4.78 is 5.86. The van der Waals surface area contributed by atoms with Crippen LogP contribution in [0.25, 0.3) is 11.0 Å². The number of hydrogen-bond donors (Lipinski definition) is 1. The summed E-state index contributed by atoms with van der Waals surface area (Å²) in [6.07, 6.45) is 4.74. The van der Waals surface area contributed by atoms with Crippen LogP contribution >= 0.6 is 0 Å². The van der Waals surface area contributed by atoms with Gasteiger partial charge in [-0.15, -0.1) is 0 Å². The molecule has 1 aromatic carbocycles. The first-order chi connectivity index (χ1) is 15.4. The third-order valence-corrected chi connectivity index (χ3v) is 6.39. The molecule has 7 heteroatoms. The Labute approximate surface area is 188 Å². The molecule has 1 saturated heterocycles. The molecule has 1 N–H and O–H groups in total. The standard InChI is InChI=1S/C25H30N4O3/c1-5-16(2)19-10-11-26-23(27-14-19)25(31)29-13-12-28(15-17(29)3)24(30)22-18(4)20-8-6-7-9-21(20)32-22/h5-9,14,17H,10-13,15H2,1-4H3,(H,26,27). The number of para-hydroxylation sites is 1. The Morgan fingerprint density at radius 1 is 1.22 bits per heavy atom. The summed E-state index contributed by atoms with van der Waals surface area (Å²) in [5.74, 6) is 0.491. The topological polar surface area (TPSA) is 78.2 Å². The van der Waals surface area contributed by atoms with Crippen LogP contribution < -0.4 is 5.32 Å². The third-order valence-electron chi connectivity index (χ3n) is 6.39. The summed E-state index contributed by atoms with van der Waals surface area (Å²) in [5.41, 5.74) is 3.91. The smallest absolute Gasteiger partial charge is 0.290 e. The van der Waals surface area contributed by atoms with Gasteiger partial charge in [-0.25, -0.2) is 0 Å². The number of amidine groups is 1. The fourth-order valence-electron chi connectivity index (χ4n) is 4.29. The number of fused-ring (bicyclic) bond motifs is 1. The van der Waals surface area contributed by atoms with Gasteiger partial charge in [0.15, 0.2) is 11.6 Å². The van der Waals surface area contributed by atoms with Crippen molar-refractivity contribution >= 4 is 28.6 Å². The molecular weight excluding hydrogens is 404 g/mol. The highest BCUT2D eigenvalue weighted by atomic mass is 16.3. The van der Waals surface area contributed by atoms with Gasteiger partial charge in [0.1, 0.15) is 5.58 Å². The van der Waals surface area contributed by atoms with E-state index in [0.717, 1.165) is 22.9 Å². The van der Waals surface area contributed by atoms with E-state index in [-0.39, 0.29) is 17.9 Å². The monoisotopic (exact) mass is 434 g/mol. The normalized spacial score (nSPS) is 19.9. The largest absolute Gasteiger partial charge is 0.451 e. The fourth-order valence-corrected chi connectivity index (χ4v) is 4.29. The number of amides is 2. The first-order valence-electron chi connectivity index (χ1n) is 11.1. The minimum atomic E-state index is -0.128. The number of piperazine rings is 1. The number of aliphatic imine (C=N–C) groups is 1. The molecule has 2 aliphatic heterocycles. The van der Waals surface area contributed by atoms with E-state index >= 15 is 0 Å². The number of carbonyl (C=O) groups excluding carboxylic acids is 2. The Morgan fingerprint density at radius 2 is 2.00 bits per heavy atom. The van der Waals surface area contributed by atoms with Gasteiger partial charge >= 0.3 is 0 Å². The summed E-state index contributed by atoms with van der Waals surface area (Å²) in [6.45, 7) is 9.87. The highest BCUT2D eigenvalue weighted by Gasteiger charge is 2.34. The van der Waals surface area contributed by atoms with Crippen molar-refractivity contribution in [3.8, 4) is 0 Å². The van der Waals surface area contributed by atoms with Crippen molar-refractivity contribution < 1.29 is 14.0 Å². The van der Waals surface area contributed by atoms with Gasteiger partial charge in [-0.1, -0.05) is 29.8 Å². The molecule has 1 unspecified atom stereocenters. The molecule has 32 heavy (non-hydrogen) atoms. The van der Waals surface area contributed by atoms with Gasteiger partial charge in [-0.3, -0.25) is 14.6 Å². The summed E-state index contributed by atoms with van der Waals surface area (Å²) in [4.78, 5) is 34.4. The second-order valence-corrected chi connectivity index (χ2v) is 8.42. The summed E-state index contributed by atoms with van der Waals surface area (Å²) in [6, 6.07) is 7.54. The van der Waals surface area contributed by atoms with E-state index in [4.69, 9.17) is 4.42 Å². The number of benzene rings is 1. The van der Waals surface area contributed by atoms with Crippen LogP contribution in [-0.4, -0.2) is 59.7 Å². The SMILES string of the molecule is CC=C(C)C1=CNC(C(=O)N2CCN(C(=O)c3oc4ccccc4c3C)CC2C)=NCC1. The number of nitrogens with one attached hydrogen (secondary N) is 1. The molecule has 168 valence electrons. The van der Waals surface area contributed by atoms with Gasteiger partial charge in [0.05, 0.1) is 0 Å². The summed E-state index contributed by atoms with van der Waals surface area (Å²) in [7, 11) is 0. The lowest BCUT2D eigenvalue weighted by Crippen LogP contribution is -2.57. The average Bonchev–Trinajstić information content (AvgIpc) is 2.98. The molecule has 7 nitrogen and oxygen atoms in total. The Hall–Kier alpha value is -3.35. The number of rotatable bonds is 3. The highest BCUT2D eigenvalue weighted by molar-refractivity contribution is 6.38. The van der Waals surface area contributed by atoms with Crippen LogP contribution in [-0.2, 0) is 4.79 Å². The van der Waals surface area contributed by atoms with Gasteiger partial charge in [0.2, 0.25) is 0 Å². The second-order valence-electron chi connectivity index (χ2n) is 8.42. The van der Waals surface area contributed by atoms with Crippen LogP contribution in [0.4, 0.5) is 0 Å². The first-order valence-corrected chi connectivity index (χ1v) is 11.1. The molecule has 4 rings (SSSR count). The molecule has 0 radical (unpaired) electrons. The first kappa shape index (κ1) is 21.9. The number of furan rings is 1. The molecule has 1 fully saturated rings. The molecule has 0 spiro atoms. The van der Waals surface area contributed by atoms with Gasteiger partial charge in [0.25, 0.3) is 11.8 Å². The van der Waals surface area contributed by atoms with Crippen molar-refractivity contribution in [3.63, 3.8) is 0 Å². The molecule has 1 atom stereocenters. The maximum Gasteiger partial charge on any atom is 0.290 e. The van der Waals surface area contributed by atoms with Crippen LogP contribution in [0, 0.1) is 6.92 Å². The van der Waals surface area contributed by atoms with Crippen molar-refractivity contribution in [1.29, 1.82) is 0 Å². The zero-order valence-electron chi connectivity index (χ0n) is 19.1. The maximum absolute atomic E-state index is 13.2. The van der Waals surface area contributed by atoms with Crippen molar-refractivity contribution in [2.75, 3.05) is 26.2 Å². The molecule has 0 bridgehead atoms. The van der Waals surface area contributed by atoms with E-state index in [0.29, 0.717) is 43.4 Å². The summed E-state index contributed by atoms with van der Waals surface area (Å²) >= 11 is 0. The Morgan fingerprint density at radius 3 is 2.72 bits per heavy atom. The van der Waals surface area contributed by atoms with Crippen LogP contribution in [0.5, 0.6) is 0 Å². The van der Waals surface area contributed by atoms with Crippen LogP contribution in [0.2, 0.25) is 0 Å². The van der Waals surface area contributed by atoms with Crippen molar-refractivity contribution in [2.45, 2.75) is 40.2 Å². The minimum Gasteiger partial charge on any atom is -0.451 e.